The predicted molar refractivity (Wildman–Crippen MR) is 153 cm³/mol. The number of carboxylic acids is 1. The number of carbonyl (C=O) groups is 3. The van der Waals surface area contributed by atoms with Gasteiger partial charge in [0.25, 0.3) is 18.7 Å². The number of anilines is 1. The maximum Gasteiger partial charge on any atom is 0.352 e. The molecule has 17 heteroatoms. The monoisotopic (exact) mass is 637 g/mol. The third kappa shape index (κ3) is 5.83. The number of oxime groups is 1. The number of thioether (sulfide) groups is 2. The molecule has 0 radical (unpaired) electrons. The van der Waals surface area contributed by atoms with Gasteiger partial charge in [-0.1, -0.05) is 16.9 Å². The molecule has 0 aliphatic carbocycles. The molecule has 1 aromatic carbocycles. The van der Waals surface area contributed by atoms with E-state index in [0.29, 0.717) is 19.9 Å². The van der Waals surface area contributed by atoms with Crippen LogP contribution in [0.5, 0.6) is 0 Å². The highest BCUT2D eigenvalue weighted by Gasteiger charge is 2.54. The van der Waals surface area contributed by atoms with Crippen molar-refractivity contribution in [1.82, 2.24) is 15.2 Å². The summed E-state index contributed by atoms with van der Waals surface area (Å²) in [5.41, 5.74) is 5.07. The van der Waals surface area contributed by atoms with E-state index in [4.69, 9.17) is 5.73 Å². The number of benzene rings is 1. The Hall–Kier alpha value is -3.80. The van der Waals surface area contributed by atoms with E-state index in [1.54, 1.807) is 5.41 Å². The van der Waals surface area contributed by atoms with Crippen LogP contribution in [0.3, 0.4) is 0 Å². The van der Waals surface area contributed by atoms with Crippen LogP contribution in [0.4, 0.5) is 13.9 Å². The Kier molecular flexibility index (Phi) is 8.39. The molecular formula is C24H17F2N5O6S4. The Balaban J connectivity index is 1.32. The average molecular weight is 638 g/mol. The van der Waals surface area contributed by atoms with Crippen LogP contribution in [-0.2, 0) is 19.2 Å². The highest BCUT2D eigenvalue weighted by molar-refractivity contribution is 8.04. The largest absolute Gasteiger partial charge is 0.477 e. The molecule has 2 aliphatic rings. The third-order valence-corrected chi connectivity index (χ3v) is 9.81. The number of nitrogens with one attached hydrogen (secondary N) is 1. The number of carbonyl (C=O) groups excluding carboxylic acids is 2. The lowest BCUT2D eigenvalue weighted by atomic mass is 10.0. The van der Waals surface area contributed by atoms with Gasteiger partial charge in [0.1, 0.15) is 28.6 Å². The number of aromatic nitrogens is 1. The van der Waals surface area contributed by atoms with Gasteiger partial charge in [0.05, 0.1) is 4.21 Å². The van der Waals surface area contributed by atoms with E-state index in [1.807, 2.05) is 0 Å². The van der Waals surface area contributed by atoms with Crippen LogP contribution < -0.4 is 16.5 Å². The van der Waals surface area contributed by atoms with Gasteiger partial charge in [-0.3, -0.25) is 19.3 Å². The summed E-state index contributed by atoms with van der Waals surface area (Å²) in [6, 6.07) is 4.25. The van der Waals surface area contributed by atoms with Crippen molar-refractivity contribution in [3.05, 3.63) is 74.1 Å². The number of hydrogen-bond donors (Lipinski definition) is 3. The first kappa shape index (κ1) is 28.7. The number of thiazole rings is 1. The number of nitrogen functional groups attached to an aromatic ring is 1. The molecule has 4 heterocycles. The molecule has 1 saturated heterocycles. The molecule has 0 bridgehead atoms. The zero-order valence-corrected chi connectivity index (χ0v) is 23.7. The Labute approximate surface area is 245 Å². The summed E-state index contributed by atoms with van der Waals surface area (Å²) in [7, 11) is 0. The number of fused-ring (bicyclic) bond motifs is 2. The van der Waals surface area contributed by atoms with Crippen molar-refractivity contribution in [2.45, 2.75) is 15.6 Å². The van der Waals surface area contributed by atoms with Crippen molar-refractivity contribution < 1.29 is 33.1 Å². The number of alkyl halides is 1. The molecule has 5 rings (SSSR count). The highest BCUT2D eigenvalue weighted by Crippen LogP contribution is 2.41. The fourth-order valence-electron chi connectivity index (χ4n) is 4.02. The average Bonchev–Trinajstić information content (AvgIpc) is 3.36. The van der Waals surface area contributed by atoms with Crippen LogP contribution in [0.25, 0.3) is 10.1 Å². The van der Waals surface area contributed by atoms with Crippen LogP contribution in [0.1, 0.15) is 5.69 Å². The zero-order chi connectivity index (χ0) is 29.3. The summed E-state index contributed by atoms with van der Waals surface area (Å²) in [6.07, 6.45) is 1.54. The van der Waals surface area contributed by atoms with E-state index >= 15 is 0 Å². The molecule has 3 aromatic rings. The minimum absolute atomic E-state index is 0.0241. The minimum Gasteiger partial charge on any atom is -0.477 e. The molecule has 2 amide bonds. The van der Waals surface area contributed by atoms with Crippen molar-refractivity contribution in [3.8, 4) is 0 Å². The van der Waals surface area contributed by atoms with Crippen LogP contribution in [0, 0.1) is 5.82 Å². The molecule has 1 unspecified atom stereocenters. The van der Waals surface area contributed by atoms with E-state index in [-0.39, 0.29) is 27.7 Å². The van der Waals surface area contributed by atoms with E-state index < -0.39 is 47.6 Å². The second kappa shape index (κ2) is 12.0. The summed E-state index contributed by atoms with van der Waals surface area (Å²) < 4.78 is 27.2. The van der Waals surface area contributed by atoms with Crippen molar-refractivity contribution in [2.24, 2.45) is 5.16 Å². The van der Waals surface area contributed by atoms with E-state index in [9.17, 15) is 33.1 Å². The fraction of sp³-hybridized carbons (Fsp3) is 0.167. The number of allylic oxidation sites excluding steroid dienone is 1. The number of β-lactam (4-membered cyclic amide) rings is 1. The summed E-state index contributed by atoms with van der Waals surface area (Å²) >= 11 is 4.62. The molecular weight excluding hydrogens is 621 g/mol. The summed E-state index contributed by atoms with van der Waals surface area (Å²) in [4.78, 5) is 59.8. The second-order valence-corrected chi connectivity index (χ2v) is 12.6. The Morgan fingerprint density at radius 1 is 1.34 bits per heavy atom. The van der Waals surface area contributed by atoms with Crippen LogP contribution in [0.2, 0.25) is 0 Å². The minimum atomic E-state index is -1.33. The molecule has 2 aliphatic heterocycles. The van der Waals surface area contributed by atoms with Crippen molar-refractivity contribution in [1.29, 1.82) is 0 Å². The van der Waals surface area contributed by atoms with E-state index in [0.717, 1.165) is 28.0 Å². The predicted octanol–water partition coefficient (Wildman–Crippen LogP) is 3.13. The van der Waals surface area contributed by atoms with Gasteiger partial charge in [0, 0.05) is 27.3 Å². The molecule has 11 nitrogen and oxygen atoms in total. The molecule has 4 N–H and O–H groups in total. The summed E-state index contributed by atoms with van der Waals surface area (Å²) in [5.74, 6) is -3.13. The number of carboxylic acid groups (broad SMARTS) is 1. The summed E-state index contributed by atoms with van der Waals surface area (Å²) in [5, 5.41) is 18.6. The van der Waals surface area contributed by atoms with Gasteiger partial charge in [-0.25, -0.2) is 18.6 Å². The lowest BCUT2D eigenvalue weighted by Gasteiger charge is -2.49. The van der Waals surface area contributed by atoms with E-state index in [2.05, 4.69) is 20.3 Å². The zero-order valence-electron chi connectivity index (χ0n) is 20.4. The molecule has 41 heavy (non-hydrogen) atoms. The Bertz CT molecular complexity index is 1720. The Morgan fingerprint density at radius 3 is 2.85 bits per heavy atom. The van der Waals surface area contributed by atoms with Gasteiger partial charge < -0.3 is 21.0 Å². The van der Waals surface area contributed by atoms with Crippen molar-refractivity contribution >= 4 is 84.9 Å². The second-order valence-electron chi connectivity index (χ2n) is 8.28. The van der Waals surface area contributed by atoms with Gasteiger partial charge in [-0.15, -0.1) is 34.4 Å². The van der Waals surface area contributed by atoms with Crippen LogP contribution in [0.15, 0.2) is 66.6 Å². The lowest BCUT2D eigenvalue weighted by molar-refractivity contribution is -0.150. The molecule has 0 saturated carbocycles. The summed E-state index contributed by atoms with van der Waals surface area (Å²) in [6.45, 7) is -1.30. The lowest BCUT2D eigenvalue weighted by Crippen LogP contribution is -2.71. The third-order valence-electron chi connectivity index (χ3n) is 5.79. The topological polar surface area (TPSA) is 164 Å². The number of nitrogens with two attached hydrogens (primary N) is 1. The molecule has 2 atom stereocenters. The quantitative estimate of drug-likeness (QED) is 0.137. The number of rotatable bonds is 9. The smallest absolute Gasteiger partial charge is 0.352 e. The standard InChI is InChI=1S/C24H17F2N5O6S4/c25-9-37-30-17(13-8-40-24(27)28-13)20(33)29-18-21(34)31-19(23(35)36)10(7-39-22(18)31)3-4-38-16-6-14(32)12-2-1-11(26)5-15(12)41-16/h1-6,8,18,22H,7,9H2,(H2,27,28)(H,29,33)(H,35,36)/b4-3+,30-17-/t18?,22-/m1/s1. The SMILES string of the molecule is Nc1nc(/C(=N/OCF)C(=O)NC2C(=O)N3C(C(=O)O)=C(/C=C/Sc4cc(=O)c5ccc(F)cc5s4)CS[C@H]23)cs1. The number of aliphatic carboxylic acids is 1. The van der Waals surface area contributed by atoms with Gasteiger partial charge in [-0.05, 0) is 35.3 Å². The van der Waals surface area contributed by atoms with E-state index in [1.165, 1.54) is 58.8 Å². The molecule has 1 fully saturated rings. The van der Waals surface area contributed by atoms with Crippen LogP contribution in [-0.4, -0.2) is 62.5 Å². The number of halogens is 2. The first-order valence-electron chi connectivity index (χ1n) is 11.4. The van der Waals surface area contributed by atoms with Gasteiger partial charge in [0.2, 0.25) is 0 Å². The van der Waals surface area contributed by atoms with Gasteiger partial charge >= 0.3 is 5.97 Å². The van der Waals surface area contributed by atoms with Gasteiger partial charge in [0.15, 0.2) is 16.3 Å². The van der Waals surface area contributed by atoms with Gasteiger partial charge in [-0.2, -0.15) is 0 Å². The first-order chi connectivity index (χ1) is 19.7. The Morgan fingerprint density at radius 2 is 2.15 bits per heavy atom. The molecule has 2 aromatic heterocycles. The molecule has 212 valence electrons. The first-order valence-corrected chi connectivity index (χ1v) is 15.1. The van der Waals surface area contributed by atoms with Crippen LogP contribution >= 0.6 is 46.2 Å². The molecule has 0 spiro atoms. The fourth-order valence-corrected chi connectivity index (χ4v) is 7.89. The maximum atomic E-state index is 13.6. The number of hydrogen-bond acceptors (Lipinski definition) is 12. The normalized spacial score (nSPS) is 18.9. The highest BCUT2D eigenvalue weighted by atomic mass is 32.2. The number of amides is 2. The van der Waals surface area contributed by atoms with Crippen molar-refractivity contribution in [3.63, 3.8) is 0 Å². The number of nitrogens with zero attached hydrogens (tertiary/aromatic N) is 3. The van der Waals surface area contributed by atoms with Crippen molar-refractivity contribution in [2.75, 3.05) is 18.3 Å². The maximum absolute atomic E-state index is 13.6.